The summed E-state index contributed by atoms with van der Waals surface area (Å²) >= 11 is 0. The summed E-state index contributed by atoms with van der Waals surface area (Å²) in [6.45, 7) is 31.3. The van der Waals surface area contributed by atoms with Gasteiger partial charge in [0.05, 0.1) is 56.6 Å². The van der Waals surface area contributed by atoms with Gasteiger partial charge in [0.1, 0.15) is 24.9 Å². The number of rotatable bonds is 38. The van der Waals surface area contributed by atoms with Crippen LogP contribution in [0.4, 0.5) is 0 Å². The Morgan fingerprint density at radius 3 is 1.21 bits per heavy atom. The molecule has 0 aliphatic carbocycles. The molecule has 3 saturated heterocycles. The van der Waals surface area contributed by atoms with E-state index in [1.165, 1.54) is 20.8 Å². The number of hydrogen-bond acceptors (Lipinski definition) is 21. The second-order valence-electron chi connectivity index (χ2n) is 22.6. The topological polar surface area (TPSA) is 471 Å². The first-order valence-corrected chi connectivity index (χ1v) is 33.3. The Kier molecular flexibility index (Phi) is 50.6. The minimum atomic E-state index is -4.67. The quantitative estimate of drug-likeness (QED) is 0.00540. The van der Waals surface area contributed by atoms with Crippen LogP contribution in [0.5, 0.6) is 0 Å². The molecule has 528 valence electrons. The fourth-order valence-corrected chi connectivity index (χ4v) is 11.5. The molecular formula is C56H109N14O19PS. The van der Waals surface area contributed by atoms with Crippen molar-refractivity contribution in [2.75, 3.05) is 72.4 Å². The van der Waals surface area contributed by atoms with E-state index < -0.39 is 62.1 Å². The predicted molar refractivity (Wildman–Crippen MR) is 340 cm³/mol. The minimum absolute atomic E-state index is 0. The summed E-state index contributed by atoms with van der Waals surface area (Å²) in [4.78, 5) is 46.2. The van der Waals surface area contributed by atoms with Gasteiger partial charge in [-0.1, -0.05) is 89.0 Å². The van der Waals surface area contributed by atoms with E-state index in [-0.39, 0.29) is 118 Å². The van der Waals surface area contributed by atoms with Gasteiger partial charge in [-0.25, -0.2) is 11.2 Å². The molecule has 9 N–H and O–H groups in total. The molecule has 0 spiro atoms. The zero-order valence-electron chi connectivity index (χ0n) is 54.3. The van der Waals surface area contributed by atoms with Crippen molar-refractivity contribution in [3.63, 3.8) is 0 Å². The maximum Gasteiger partial charge on any atom is 0.394 e. The van der Waals surface area contributed by atoms with Crippen molar-refractivity contribution >= 4 is 36.6 Å². The van der Waals surface area contributed by atoms with Crippen LogP contribution in [0.3, 0.4) is 0 Å². The van der Waals surface area contributed by atoms with Gasteiger partial charge in [-0.2, -0.15) is 8.42 Å². The highest BCUT2D eigenvalue weighted by Crippen LogP contribution is 2.46. The van der Waals surface area contributed by atoms with E-state index in [0.717, 1.165) is 77.0 Å². The van der Waals surface area contributed by atoms with Gasteiger partial charge in [-0.15, -0.1) is 0 Å². The fraction of sp³-hybridized carbons (Fsp3) is 0.929. The number of unbranched alkanes of at least 4 members (excludes halogenated alkanes) is 9. The number of carbonyl (C=O) groups is 3. The molecule has 0 bridgehead atoms. The molecule has 3 aliphatic heterocycles. The average Bonchev–Trinajstić information content (AvgIpc) is 0.859. The molecule has 35 heteroatoms. The average molecular weight is 1350 g/mol. The van der Waals surface area contributed by atoms with Gasteiger partial charge >= 0.3 is 10.4 Å². The summed E-state index contributed by atoms with van der Waals surface area (Å²) in [7, 11) is -5.86. The van der Waals surface area contributed by atoms with Crippen LogP contribution in [0.15, 0.2) is 15.3 Å². The summed E-state index contributed by atoms with van der Waals surface area (Å²) in [6, 6.07) is -0.822. The number of nitrogens with zero attached hydrogens (tertiary/aromatic N) is 11. The van der Waals surface area contributed by atoms with E-state index >= 15 is 0 Å². The van der Waals surface area contributed by atoms with Crippen molar-refractivity contribution < 1.29 is 89.8 Å². The lowest BCUT2D eigenvalue weighted by molar-refractivity contribution is -0.262. The van der Waals surface area contributed by atoms with Crippen molar-refractivity contribution in [1.29, 1.82) is 0 Å². The van der Waals surface area contributed by atoms with Gasteiger partial charge in [0.15, 0.2) is 18.9 Å². The molecule has 3 heterocycles. The molecule has 0 radical (unpaired) electrons. The zero-order valence-corrected chi connectivity index (χ0v) is 56.1. The molecule has 33 nitrogen and oxygen atoms in total. The first-order chi connectivity index (χ1) is 42.6. The van der Waals surface area contributed by atoms with E-state index in [4.69, 9.17) is 88.4 Å². The highest BCUT2D eigenvalue weighted by molar-refractivity contribution is 7.79. The number of nitrogens with one attached hydrogen (secondary N) is 3. The van der Waals surface area contributed by atoms with E-state index in [2.05, 4.69) is 97.1 Å². The lowest BCUT2D eigenvalue weighted by Crippen LogP contribution is -2.64. The zero-order chi connectivity index (χ0) is 68.2. The monoisotopic (exact) mass is 1340 g/mol. The van der Waals surface area contributed by atoms with Crippen LogP contribution in [-0.2, 0) is 62.3 Å². The second-order valence-corrected chi connectivity index (χ2v) is 24.9. The third-order valence-corrected chi connectivity index (χ3v) is 16.9. The number of carbonyl (C=O) groups excluding carboxylic acids is 3. The molecule has 91 heavy (non-hydrogen) atoms. The summed E-state index contributed by atoms with van der Waals surface area (Å²) in [5, 5.41) is 56.8. The summed E-state index contributed by atoms with van der Waals surface area (Å²) in [5.74, 6) is -0.131. The standard InChI is InChI=1S/C25H47N6O5P.C16H30N4O4.C14H26N4O6.CH4.H2O4S/c1-18(2)31(19(3)4)37(35-16-13-27-8)34-15-12-10-9-11-14-33-25-24(29-22(7)32)21(6)20(5)23(36-25)17-28-30-26;1-11-12(2)15(19-13(3)22)16(24-14(11)10-18-20-17)23-9-7-5-4-6-8-21;1-9(20)17-11-13(22)12(21)10(8-16-18-15)24-14(11)23-7-5-3-2-4-6-19;;1-5(2,3)4/h18-21,23-25H,9-17H2,1-7H3,(H,29,32);11-12,14-16,21H,4-10H2,1-3H3,(H,19,22);10-14,19,21-22H,2-8H2,1H3,(H,17,20);1H4;(H2,1,2,3,4). The van der Waals surface area contributed by atoms with Crippen molar-refractivity contribution in [3.8, 4) is 0 Å². The SMILES string of the molecule is C.CC(=O)NC1C(OCCCCCCO)OC(CN=[N+]=[N-])C(C)C1C.CC(=O)NC1C(OCCCCCCO)OC(CN=[N+]=[N-])C(O)C1O.O=S(=O)(O)O.[C-]#[N+]CCOP(OCCCCCCOC1OC(CN=[N+]=[N-])C(C)C(C)C1NC(C)=O)N(C(C)C)C(C)C. The Bertz CT molecular complexity index is 2200. The van der Waals surface area contributed by atoms with Gasteiger partial charge < -0.3 is 78.7 Å². The van der Waals surface area contributed by atoms with E-state index in [9.17, 15) is 24.6 Å². The Labute approximate surface area is 539 Å². The molecule has 16 atom stereocenters. The van der Waals surface area contributed by atoms with Crippen LogP contribution in [0.2, 0.25) is 0 Å². The number of amides is 3. The van der Waals surface area contributed by atoms with Gasteiger partial charge in [0.2, 0.25) is 24.3 Å². The lowest BCUT2D eigenvalue weighted by Gasteiger charge is -2.44. The smallest absolute Gasteiger partial charge is 0.394 e. The fourth-order valence-electron chi connectivity index (χ4n) is 9.87. The summed E-state index contributed by atoms with van der Waals surface area (Å²) < 4.78 is 81.0. The molecule has 16 unspecified atom stereocenters. The third-order valence-electron chi connectivity index (χ3n) is 14.8. The van der Waals surface area contributed by atoms with Gasteiger partial charge in [0.25, 0.3) is 8.53 Å². The maximum absolute atomic E-state index is 11.8. The molecule has 0 aromatic rings. The van der Waals surface area contributed by atoms with Crippen LogP contribution in [-0.4, -0.2) is 212 Å². The molecule has 0 aromatic carbocycles. The predicted octanol–water partition coefficient (Wildman–Crippen LogP) is 7.84. The number of aliphatic hydroxyl groups is 4. The largest absolute Gasteiger partial charge is 0.396 e. The van der Waals surface area contributed by atoms with Crippen LogP contribution in [0, 0.1) is 30.2 Å². The molecule has 0 saturated carbocycles. The minimum Gasteiger partial charge on any atom is -0.396 e. The number of aliphatic hydroxyl groups excluding tert-OH is 4. The number of ether oxygens (including phenoxy) is 6. The normalized spacial score (nSPS) is 26.3. The molecule has 3 amide bonds. The van der Waals surface area contributed by atoms with Crippen molar-refractivity contribution in [3.05, 3.63) is 42.7 Å². The Hall–Kier alpha value is -4.39. The number of azide groups is 3. The highest BCUT2D eigenvalue weighted by Gasteiger charge is 2.46. The molecule has 0 aromatic heterocycles. The van der Waals surface area contributed by atoms with Crippen molar-refractivity contribution in [2.45, 2.75) is 240 Å². The highest BCUT2D eigenvalue weighted by atomic mass is 32.3. The third kappa shape index (κ3) is 39.2. The van der Waals surface area contributed by atoms with Crippen LogP contribution in [0.25, 0.3) is 36.2 Å². The first kappa shape index (κ1) is 88.7. The summed E-state index contributed by atoms with van der Waals surface area (Å²) in [6.07, 6.45) is 4.48. The lowest BCUT2D eigenvalue weighted by atomic mass is 9.82. The Morgan fingerprint density at radius 1 is 0.549 bits per heavy atom. The Balaban J connectivity index is 0. The second kappa shape index (κ2) is 52.0. The first-order valence-electron chi connectivity index (χ1n) is 30.8. The van der Waals surface area contributed by atoms with E-state index in [1.54, 1.807) is 0 Å². The maximum atomic E-state index is 11.8. The van der Waals surface area contributed by atoms with Crippen molar-refractivity contribution in [2.24, 2.45) is 39.0 Å². The van der Waals surface area contributed by atoms with E-state index in [0.29, 0.717) is 39.6 Å². The van der Waals surface area contributed by atoms with Crippen molar-refractivity contribution in [1.82, 2.24) is 20.6 Å². The van der Waals surface area contributed by atoms with Crippen LogP contribution < -0.4 is 16.0 Å². The van der Waals surface area contributed by atoms with Gasteiger partial charge in [-0.05, 0) is 106 Å². The van der Waals surface area contributed by atoms with E-state index in [1.807, 2.05) is 13.8 Å². The molecular weight excluding hydrogens is 1240 g/mol. The van der Waals surface area contributed by atoms with Crippen LogP contribution >= 0.6 is 8.53 Å². The van der Waals surface area contributed by atoms with Gasteiger partial charge in [-0.3, -0.25) is 23.5 Å². The molecule has 3 fully saturated rings. The van der Waals surface area contributed by atoms with Crippen LogP contribution in [0.1, 0.15) is 161 Å². The number of hydrogen-bond donors (Lipinski definition) is 9. The van der Waals surface area contributed by atoms with Gasteiger partial charge in [0, 0.05) is 80.6 Å². The molecule has 3 aliphatic rings. The summed E-state index contributed by atoms with van der Waals surface area (Å²) in [5.41, 5.74) is 25.6. The molecule has 3 rings (SSSR count). The Morgan fingerprint density at radius 2 is 0.868 bits per heavy atom.